The summed E-state index contributed by atoms with van der Waals surface area (Å²) in [5.41, 5.74) is 10.8. The quantitative estimate of drug-likeness (QED) is 0.507. The van der Waals surface area contributed by atoms with Crippen LogP contribution in [0.25, 0.3) is 16.2 Å². The predicted octanol–water partition coefficient (Wildman–Crippen LogP) is 2.76. The van der Waals surface area contributed by atoms with Crippen molar-refractivity contribution in [2.24, 2.45) is 16.5 Å². The minimum Gasteiger partial charge on any atom is -0.370 e. The van der Waals surface area contributed by atoms with Gasteiger partial charge in [0.2, 0.25) is 0 Å². The summed E-state index contributed by atoms with van der Waals surface area (Å²) in [6.07, 6.45) is 1.75. The maximum Gasteiger partial charge on any atom is 0.275 e. The molecule has 1 aromatic carbocycles. The second-order valence-electron chi connectivity index (χ2n) is 3.97. The van der Waals surface area contributed by atoms with E-state index < -0.39 is 5.91 Å². The van der Waals surface area contributed by atoms with Crippen LogP contribution in [0.3, 0.4) is 0 Å². The molecule has 0 bridgehead atoms. The molecule has 0 radical (unpaired) electrons. The third-order valence-corrected chi connectivity index (χ3v) is 3.83. The van der Waals surface area contributed by atoms with Gasteiger partial charge in [-0.2, -0.15) is 4.99 Å². The first kappa shape index (κ1) is 13.6. The van der Waals surface area contributed by atoms with Crippen LogP contribution in [-0.2, 0) is 4.79 Å². The summed E-state index contributed by atoms with van der Waals surface area (Å²) in [4.78, 5) is 16.0. The zero-order valence-electron chi connectivity index (χ0n) is 10.2. The molecular formula is C13H12ClN3OS. The second-order valence-corrected chi connectivity index (χ2v) is 5.49. The molecule has 0 unspecified atom stereocenters. The molecule has 0 saturated carbocycles. The molecule has 4 nitrogen and oxygen atoms in total. The van der Waals surface area contributed by atoms with Gasteiger partial charge in [-0.25, -0.2) is 0 Å². The van der Waals surface area contributed by atoms with Crippen molar-refractivity contribution in [2.75, 3.05) is 0 Å². The number of hydrogen-bond donors (Lipinski definition) is 2. The van der Waals surface area contributed by atoms with E-state index in [1.165, 1.54) is 0 Å². The molecule has 0 aliphatic heterocycles. The average molecular weight is 294 g/mol. The first-order chi connectivity index (χ1) is 8.97. The number of nitrogens with two attached hydrogens (primary N) is 2. The van der Waals surface area contributed by atoms with E-state index in [1.54, 1.807) is 24.3 Å². The molecule has 2 aromatic rings. The standard InChI is InChI=1S/C13H12ClN3OS/c1-7(12(18)17-13(15)16)5-8-6-9-10(14)3-2-4-11(9)19-8/h2-6H,1H3,(H4,15,16,17,18)/b7-5+. The molecule has 1 amide bonds. The van der Waals surface area contributed by atoms with E-state index in [1.807, 2.05) is 24.3 Å². The van der Waals surface area contributed by atoms with E-state index in [2.05, 4.69) is 4.99 Å². The van der Waals surface area contributed by atoms with Gasteiger partial charge in [0.1, 0.15) is 0 Å². The van der Waals surface area contributed by atoms with Crippen molar-refractivity contribution >= 4 is 51.0 Å². The van der Waals surface area contributed by atoms with Gasteiger partial charge in [0.15, 0.2) is 5.96 Å². The number of guanidine groups is 1. The van der Waals surface area contributed by atoms with Gasteiger partial charge in [-0.15, -0.1) is 11.3 Å². The number of benzene rings is 1. The number of aliphatic imine (C=N–C) groups is 1. The molecule has 0 aliphatic rings. The summed E-state index contributed by atoms with van der Waals surface area (Å²) in [5, 5.41) is 1.67. The Morgan fingerprint density at radius 3 is 2.79 bits per heavy atom. The normalized spacial score (nSPS) is 11.6. The van der Waals surface area contributed by atoms with Gasteiger partial charge in [-0.3, -0.25) is 4.79 Å². The summed E-state index contributed by atoms with van der Waals surface area (Å²) in [7, 11) is 0. The number of amides is 1. The lowest BCUT2D eigenvalue weighted by Gasteiger charge is -1.94. The molecule has 0 spiro atoms. The van der Waals surface area contributed by atoms with Crippen LogP contribution in [0.5, 0.6) is 0 Å². The Labute approximate surface area is 119 Å². The van der Waals surface area contributed by atoms with E-state index >= 15 is 0 Å². The van der Waals surface area contributed by atoms with Crippen molar-refractivity contribution in [3.05, 3.63) is 39.7 Å². The number of fused-ring (bicyclic) bond motifs is 1. The number of thiophene rings is 1. The number of hydrogen-bond acceptors (Lipinski definition) is 2. The highest BCUT2D eigenvalue weighted by Crippen LogP contribution is 2.32. The van der Waals surface area contributed by atoms with Gasteiger partial charge in [0.25, 0.3) is 5.91 Å². The molecule has 0 fully saturated rings. The Kier molecular flexibility index (Phi) is 3.87. The van der Waals surface area contributed by atoms with E-state index in [9.17, 15) is 4.79 Å². The molecule has 2 rings (SSSR count). The fourth-order valence-corrected chi connectivity index (χ4v) is 2.97. The maximum absolute atomic E-state index is 11.6. The van der Waals surface area contributed by atoms with Gasteiger partial charge < -0.3 is 11.5 Å². The van der Waals surface area contributed by atoms with Crippen LogP contribution >= 0.6 is 22.9 Å². The van der Waals surface area contributed by atoms with Crippen molar-refractivity contribution in [3.63, 3.8) is 0 Å². The van der Waals surface area contributed by atoms with E-state index in [-0.39, 0.29) is 5.96 Å². The molecule has 0 saturated heterocycles. The Morgan fingerprint density at radius 1 is 1.42 bits per heavy atom. The van der Waals surface area contributed by atoms with Crippen molar-refractivity contribution in [1.29, 1.82) is 0 Å². The summed E-state index contributed by atoms with van der Waals surface area (Å²) >= 11 is 7.65. The highest BCUT2D eigenvalue weighted by Gasteiger charge is 2.06. The average Bonchev–Trinajstić information content (AvgIpc) is 2.72. The fourth-order valence-electron chi connectivity index (χ4n) is 1.60. The van der Waals surface area contributed by atoms with Crippen LogP contribution in [0.15, 0.2) is 34.8 Å². The fraction of sp³-hybridized carbons (Fsp3) is 0.0769. The number of halogens is 1. The molecular weight excluding hydrogens is 282 g/mol. The van der Waals surface area contributed by atoms with Gasteiger partial charge in [0.05, 0.1) is 0 Å². The zero-order valence-corrected chi connectivity index (χ0v) is 11.8. The van der Waals surface area contributed by atoms with Gasteiger partial charge in [-0.05, 0) is 31.2 Å². The summed E-state index contributed by atoms with van der Waals surface area (Å²) in [6, 6.07) is 7.65. The van der Waals surface area contributed by atoms with Crippen molar-refractivity contribution < 1.29 is 4.79 Å². The lowest BCUT2D eigenvalue weighted by Crippen LogP contribution is -2.24. The third-order valence-electron chi connectivity index (χ3n) is 2.45. The lowest BCUT2D eigenvalue weighted by atomic mass is 10.2. The number of carbonyl (C=O) groups excluding carboxylic acids is 1. The van der Waals surface area contributed by atoms with Crippen molar-refractivity contribution in [2.45, 2.75) is 6.92 Å². The first-order valence-electron chi connectivity index (χ1n) is 5.47. The number of rotatable bonds is 2. The van der Waals surface area contributed by atoms with Crippen molar-refractivity contribution in [1.82, 2.24) is 0 Å². The van der Waals surface area contributed by atoms with Crippen molar-refractivity contribution in [3.8, 4) is 0 Å². The smallest absolute Gasteiger partial charge is 0.275 e. The Morgan fingerprint density at radius 2 is 2.16 bits per heavy atom. The maximum atomic E-state index is 11.6. The Hall–Kier alpha value is -1.85. The van der Waals surface area contributed by atoms with Crippen LogP contribution in [0, 0.1) is 0 Å². The van der Waals surface area contributed by atoms with Crippen LogP contribution < -0.4 is 11.5 Å². The van der Waals surface area contributed by atoms with Crippen LogP contribution in [0.4, 0.5) is 0 Å². The Balaban J connectivity index is 2.38. The van der Waals surface area contributed by atoms with Gasteiger partial charge in [-0.1, -0.05) is 17.7 Å². The number of nitrogens with zero attached hydrogens (tertiary/aromatic N) is 1. The summed E-state index contributed by atoms with van der Waals surface area (Å²) in [5.74, 6) is -0.680. The molecule has 4 N–H and O–H groups in total. The van der Waals surface area contributed by atoms with Gasteiger partial charge in [0, 0.05) is 25.6 Å². The van der Waals surface area contributed by atoms with E-state index in [4.69, 9.17) is 23.1 Å². The molecule has 98 valence electrons. The molecule has 19 heavy (non-hydrogen) atoms. The third kappa shape index (κ3) is 3.13. The second kappa shape index (κ2) is 5.42. The molecule has 6 heteroatoms. The van der Waals surface area contributed by atoms with Crippen LogP contribution in [-0.4, -0.2) is 11.9 Å². The Bertz CT molecular complexity index is 699. The summed E-state index contributed by atoms with van der Waals surface area (Å²) in [6.45, 7) is 1.67. The highest BCUT2D eigenvalue weighted by molar-refractivity contribution is 7.20. The zero-order chi connectivity index (χ0) is 14.0. The predicted molar refractivity (Wildman–Crippen MR) is 81.3 cm³/mol. The molecule has 1 aromatic heterocycles. The monoisotopic (exact) mass is 293 g/mol. The number of carbonyl (C=O) groups is 1. The molecule has 0 aliphatic carbocycles. The minimum atomic E-state index is -0.441. The van der Waals surface area contributed by atoms with E-state index in [0.29, 0.717) is 10.6 Å². The lowest BCUT2D eigenvalue weighted by molar-refractivity contribution is -0.114. The van der Waals surface area contributed by atoms with Gasteiger partial charge >= 0.3 is 0 Å². The largest absolute Gasteiger partial charge is 0.370 e. The summed E-state index contributed by atoms with van der Waals surface area (Å²) < 4.78 is 1.07. The topological polar surface area (TPSA) is 81.5 Å². The minimum absolute atomic E-state index is 0.239. The van der Waals surface area contributed by atoms with Crippen LogP contribution in [0.1, 0.15) is 11.8 Å². The molecule has 0 atom stereocenters. The highest BCUT2D eigenvalue weighted by atomic mass is 35.5. The van der Waals surface area contributed by atoms with E-state index in [0.717, 1.165) is 15.0 Å². The van der Waals surface area contributed by atoms with Crippen LogP contribution in [0.2, 0.25) is 5.02 Å². The molecule has 1 heterocycles. The first-order valence-corrected chi connectivity index (χ1v) is 6.67. The SMILES string of the molecule is C/C(=C\c1cc2c(Cl)cccc2s1)C(=O)N=C(N)N.